The Hall–Kier alpha value is -3.01. The zero-order valence-electron chi connectivity index (χ0n) is 14.5. The van der Waals surface area contributed by atoms with Crippen molar-refractivity contribution < 1.29 is 22.7 Å². The Labute approximate surface area is 156 Å². The van der Waals surface area contributed by atoms with Gasteiger partial charge in [-0.15, -0.1) is 0 Å². The van der Waals surface area contributed by atoms with E-state index < -0.39 is 21.7 Å². The van der Waals surface area contributed by atoms with E-state index >= 15 is 0 Å². The highest BCUT2D eigenvalue weighted by Gasteiger charge is 2.28. The lowest BCUT2D eigenvalue weighted by Crippen LogP contribution is -2.22. The van der Waals surface area contributed by atoms with Crippen molar-refractivity contribution in [2.45, 2.75) is 12.5 Å². The Kier molecular flexibility index (Phi) is 5.36. The highest BCUT2D eigenvalue weighted by Crippen LogP contribution is 2.18. The first kappa shape index (κ1) is 18.8. The molecule has 1 aliphatic heterocycles. The molecular weight excluding hydrogens is 372 g/mol. The molecule has 2 aromatic rings. The van der Waals surface area contributed by atoms with E-state index in [1.807, 2.05) is 0 Å². The topological polar surface area (TPSA) is 127 Å². The van der Waals surface area contributed by atoms with Gasteiger partial charge in [-0.05, 0) is 18.6 Å². The largest absolute Gasteiger partial charge is 0.465 e. The maximum absolute atomic E-state index is 12.4. The molecule has 142 valence electrons. The van der Waals surface area contributed by atoms with Crippen LogP contribution in [0.1, 0.15) is 27.1 Å². The van der Waals surface area contributed by atoms with Crippen LogP contribution < -0.4 is 10.6 Å². The van der Waals surface area contributed by atoms with Crippen molar-refractivity contribution in [2.24, 2.45) is 0 Å². The number of carbonyl (C=O) groups excluding carboxylic acids is 2. The van der Waals surface area contributed by atoms with Crippen molar-refractivity contribution in [3.05, 3.63) is 47.8 Å². The lowest BCUT2D eigenvalue weighted by molar-refractivity contribution is 0.0602. The number of nitrogens with one attached hydrogen (secondary N) is 2. The van der Waals surface area contributed by atoms with Crippen molar-refractivity contribution in [1.82, 2.24) is 9.97 Å². The summed E-state index contributed by atoms with van der Waals surface area (Å²) in [4.78, 5) is 32.2. The van der Waals surface area contributed by atoms with Gasteiger partial charge < -0.3 is 15.4 Å². The molecule has 2 heterocycles. The minimum absolute atomic E-state index is 0.0446. The molecule has 3 rings (SSSR count). The van der Waals surface area contributed by atoms with Crippen molar-refractivity contribution in [3.63, 3.8) is 0 Å². The average molecular weight is 390 g/mol. The van der Waals surface area contributed by atoms with Crippen molar-refractivity contribution in [1.29, 1.82) is 0 Å². The van der Waals surface area contributed by atoms with Gasteiger partial charge in [-0.2, -0.15) is 0 Å². The van der Waals surface area contributed by atoms with Gasteiger partial charge in [-0.1, -0.05) is 12.1 Å². The van der Waals surface area contributed by atoms with Crippen LogP contribution in [0.25, 0.3) is 0 Å². The van der Waals surface area contributed by atoms with E-state index in [4.69, 9.17) is 4.74 Å². The smallest absolute Gasteiger partial charge is 0.339 e. The minimum atomic E-state index is -3.01. The third-order valence-electron chi connectivity index (χ3n) is 4.06. The standard InChI is InChI=1S/C17H18N4O5S/c1-26-16(23)13-4-2-3-5-14(13)21-15(22)11-8-18-17(19-9-11)20-12-6-7-27(24,25)10-12/h2-5,8-9,12H,6-7,10H2,1H3,(H,21,22)(H,18,19,20). The molecule has 2 N–H and O–H groups in total. The Morgan fingerprint density at radius 2 is 1.89 bits per heavy atom. The molecule has 0 aliphatic carbocycles. The molecule has 1 aromatic carbocycles. The number of benzene rings is 1. The van der Waals surface area contributed by atoms with Gasteiger partial charge in [0.2, 0.25) is 5.95 Å². The lowest BCUT2D eigenvalue weighted by atomic mass is 10.1. The molecule has 1 aromatic heterocycles. The monoisotopic (exact) mass is 390 g/mol. The highest BCUT2D eigenvalue weighted by molar-refractivity contribution is 7.91. The van der Waals surface area contributed by atoms with Gasteiger partial charge in [-0.3, -0.25) is 4.79 Å². The van der Waals surface area contributed by atoms with Gasteiger partial charge in [0.15, 0.2) is 9.84 Å². The van der Waals surface area contributed by atoms with E-state index in [1.165, 1.54) is 19.5 Å². The molecule has 1 fully saturated rings. The number of methoxy groups -OCH3 is 1. The number of hydrogen-bond acceptors (Lipinski definition) is 8. The van der Waals surface area contributed by atoms with Crippen molar-refractivity contribution in [3.8, 4) is 0 Å². The van der Waals surface area contributed by atoms with Crippen LogP contribution in [0.4, 0.5) is 11.6 Å². The van der Waals surface area contributed by atoms with E-state index in [1.54, 1.807) is 24.3 Å². The van der Waals surface area contributed by atoms with Crippen LogP contribution in [0, 0.1) is 0 Å². The predicted octanol–water partition coefficient (Wildman–Crippen LogP) is 1.11. The first-order valence-electron chi connectivity index (χ1n) is 8.15. The zero-order valence-corrected chi connectivity index (χ0v) is 15.3. The van der Waals surface area contributed by atoms with Gasteiger partial charge in [0.1, 0.15) is 0 Å². The van der Waals surface area contributed by atoms with Crippen LogP contribution >= 0.6 is 0 Å². The summed E-state index contributed by atoms with van der Waals surface area (Å²) in [6.45, 7) is 0. The number of hydrogen-bond donors (Lipinski definition) is 2. The number of amides is 1. The first-order chi connectivity index (χ1) is 12.9. The van der Waals surface area contributed by atoms with Crippen LogP contribution in [0.5, 0.6) is 0 Å². The van der Waals surface area contributed by atoms with E-state index in [9.17, 15) is 18.0 Å². The van der Waals surface area contributed by atoms with Crippen LogP contribution in [0.15, 0.2) is 36.7 Å². The van der Waals surface area contributed by atoms with Crippen molar-refractivity contribution >= 4 is 33.3 Å². The van der Waals surface area contributed by atoms with Gasteiger partial charge in [0.25, 0.3) is 5.91 Å². The third-order valence-corrected chi connectivity index (χ3v) is 5.83. The fourth-order valence-electron chi connectivity index (χ4n) is 2.69. The molecule has 1 amide bonds. The Bertz CT molecular complexity index is 960. The van der Waals surface area contributed by atoms with Gasteiger partial charge in [-0.25, -0.2) is 23.2 Å². The number of para-hydroxylation sites is 1. The molecule has 0 bridgehead atoms. The summed E-state index contributed by atoms with van der Waals surface area (Å²) in [5.74, 6) is -0.605. The minimum Gasteiger partial charge on any atom is -0.465 e. The lowest BCUT2D eigenvalue weighted by Gasteiger charge is -2.11. The molecule has 1 atom stereocenters. The quantitative estimate of drug-likeness (QED) is 0.727. The molecule has 10 heteroatoms. The predicted molar refractivity (Wildman–Crippen MR) is 98.4 cm³/mol. The molecule has 1 aliphatic rings. The molecule has 9 nitrogen and oxygen atoms in total. The van der Waals surface area contributed by atoms with E-state index in [0.29, 0.717) is 12.1 Å². The Balaban J connectivity index is 1.67. The SMILES string of the molecule is COC(=O)c1ccccc1NC(=O)c1cnc(NC2CCS(=O)(=O)C2)nc1. The van der Waals surface area contributed by atoms with Gasteiger partial charge in [0, 0.05) is 18.4 Å². The summed E-state index contributed by atoms with van der Waals surface area (Å²) in [7, 11) is -1.75. The number of nitrogens with zero attached hydrogens (tertiary/aromatic N) is 2. The molecule has 27 heavy (non-hydrogen) atoms. The summed E-state index contributed by atoms with van der Waals surface area (Å²) in [5, 5.41) is 5.58. The van der Waals surface area contributed by atoms with Crippen LogP contribution in [-0.4, -0.2) is 54.9 Å². The third kappa shape index (κ3) is 4.59. The number of aromatic nitrogens is 2. The van der Waals surface area contributed by atoms with E-state index in [2.05, 4.69) is 20.6 Å². The summed E-state index contributed by atoms with van der Waals surface area (Å²) >= 11 is 0. The van der Waals surface area contributed by atoms with E-state index in [-0.39, 0.29) is 34.6 Å². The number of ether oxygens (including phenoxy) is 1. The fourth-order valence-corrected chi connectivity index (χ4v) is 4.36. The van der Waals surface area contributed by atoms with Gasteiger partial charge in [0.05, 0.1) is 35.4 Å². The molecule has 1 saturated heterocycles. The average Bonchev–Trinajstić information content (AvgIpc) is 3.00. The molecule has 0 spiro atoms. The second-order valence-corrected chi connectivity index (χ2v) is 8.26. The molecule has 0 radical (unpaired) electrons. The summed E-state index contributed by atoms with van der Waals surface area (Å²) < 4.78 is 27.6. The number of esters is 1. The van der Waals surface area contributed by atoms with Crippen molar-refractivity contribution in [2.75, 3.05) is 29.2 Å². The summed E-state index contributed by atoms with van der Waals surface area (Å²) in [5.41, 5.74) is 0.738. The molecule has 1 unspecified atom stereocenters. The van der Waals surface area contributed by atoms with Crippen LogP contribution in [0.3, 0.4) is 0 Å². The normalized spacial score (nSPS) is 17.9. The maximum atomic E-state index is 12.4. The summed E-state index contributed by atoms with van der Waals surface area (Å²) in [6, 6.07) is 6.24. The van der Waals surface area contributed by atoms with E-state index in [0.717, 1.165) is 0 Å². The molecule has 0 saturated carbocycles. The Morgan fingerprint density at radius 1 is 1.19 bits per heavy atom. The first-order valence-corrected chi connectivity index (χ1v) is 9.98. The van der Waals surface area contributed by atoms with Crippen LogP contribution in [0.2, 0.25) is 0 Å². The Morgan fingerprint density at radius 3 is 2.52 bits per heavy atom. The fraction of sp³-hybridized carbons (Fsp3) is 0.294. The number of anilines is 2. The highest BCUT2D eigenvalue weighted by atomic mass is 32.2. The number of carbonyl (C=O) groups is 2. The van der Waals surface area contributed by atoms with Crippen LogP contribution in [-0.2, 0) is 14.6 Å². The zero-order chi connectivity index (χ0) is 19.4. The second-order valence-electron chi connectivity index (χ2n) is 6.03. The maximum Gasteiger partial charge on any atom is 0.339 e. The molecular formula is C17H18N4O5S. The number of sulfone groups is 1. The number of rotatable bonds is 5. The van der Waals surface area contributed by atoms with Gasteiger partial charge >= 0.3 is 5.97 Å². The summed E-state index contributed by atoms with van der Waals surface area (Å²) in [6.07, 6.45) is 3.15. The second kappa shape index (κ2) is 7.70.